The number of furan rings is 1. The third-order valence-corrected chi connectivity index (χ3v) is 5.29. The number of rotatable bonds is 5. The smallest absolute Gasteiger partial charge is 0.342 e. The molecule has 2 heterocycles. The molecule has 3 aromatic rings. The van der Waals surface area contributed by atoms with Crippen LogP contribution in [0.1, 0.15) is 48.4 Å². The number of ether oxygens (including phenoxy) is 2. The number of unbranched alkanes of at least 4 members (excludes halogenated alkanes) is 1. The molecule has 0 aliphatic carbocycles. The van der Waals surface area contributed by atoms with E-state index in [-0.39, 0.29) is 5.97 Å². The average Bonchev–Trinajstić information content (AvgIpc) is 3.04. The third-order valence-electron chi connectivity index (χ3n) is 5.29. The Hall–Kier alpha value is -2.53. The first-order valence-electron chi connectivity index (χ1n) is 9.75. The Morgan fingerprint density at radius 1 is 1.22 bits per heavy atom. The highest BCUT2D eigenvalue weighted by molar-refractivity contribution is 6.16. The molecular weight excluding hydrogens is 342 g/mol. The fraction of sp³-hybridized carbons (Fsp3) is 0.409. The highest BCUT2D eigenvalue weighted by Crippen LogP contribution is 2.42. The Bertz CT molecular complexity index is 1000. The second kappa shape index (κ2) is 7.24. The number of benzene rings is 2. The first-order valence-corrected chi connectivity index (χ1v) is 9.75. The number of carbonyl (C=O) groups is 1. The van der Waals surface area contributed by atoms with Crippen molar-refractivity contribution in [2.45, 2.75) is 40.2 Å². The second-order valence-electron chi connectivity index (χ2n) is 7.13. The van der Waals surface area contributed by atoms with Crippen molar-refractivity contribution in [3.05, 3.63) is 41.2 Å². The summed E-state index contributed by atoms with van der Waals surface area (Å²) in [5.41, 5.74) is 2.35. The molecule has 1 aliphatic heterocycles. The van der Waals surface area contributed by atoms with Gasteiger partial charge in [-0.3, -0.25) is 4.90 Å². The molecule has 0 saturated heterocycles. The summed E-state index contributed by atoms with van der Waals surface area (Å²) in [6.45, 7) is 8.71. The number of hydrogen-bond donors (Lipinski definition) is 1. The molecule has 142 valence electrons. The van der Waals surface area contributed by atoms with E-state index in [1.807, 2.05) is 32.0 Å². The van der Waals surface area contributed by atoms with Crippen molar-refractivity contribution in [2.75, 3.05) is 19.9 Å². The van der Waals surface area contributed by atoms with Gasteiger partial charge in [-0.1, -0.05) is 37.6 Å². The summed E-state index contributed by atoms with van der Waals surface area (Å²) < 4.78 is 17.6. The van der Waals surface area contributed by atoms with Crippen LogP contribution in [0.2, 0.25) is 0 Å². The molecule has 0 amide bonds. The molecule has 2 aromatic carbocycles. The van der Waals surface area contributed by atoms with Gasteiger partial charge in [0.15, 0.2) is 0 Å². The number of aryl methyl sites for hydroxylation is 1. The van der Waals surface area contributed by atoms with Crippen LogP contribution >= 0.6 is 0 Å². The van der Waals surface area contributed by atoms with Crippen LogP contribution in [0.5, 0.6) is 5.75 Å². The Morgan fingerprint density at radius 2 is 2.00 bits per heavy atom. The zero-order valence-corrected chi connectivity index (χ0v) is 16.2. The van der Waals surface area contributed by atoms with Crippen LogP contribution in [0.15, 0.2) is 28.7 Å². The summed E-state index contributed by atoms with van der Waals surface area (Å²) in [4.78, 5) is 14.1. The Kier molecular flexibility index (Phi) is 4.79. The molecule has 0 fully saturated rings. The van der Waals surface area contributed by atoms with Crippen LogP contribution in [-0.2, 0) is 11.3 Å². The third kappa shape index (κ3) is 2.96. The molecule has 0 bridgehead atoms. The van der Waals surface area contributed by atoms with Crippen LogP contribution in [-0.4, -0.2) is 25.9 Å². The minimum atomic E-state index is -0.327. The van der Waals surface area contributed by atoms with Crippen molar-refractivity contribution in [2.24, 2.45) is 0 Å². The van der Waals surface area contributed by atoms with Crippen LogP contribution in [0.25, 0.3) is 21.7 Å². The van der Waals surface area contributed by atoms with E-state index in [0.29, 0.717) is 24.7 Å². The Morgan fingerprint density at radius 3 is 2.74 bits per heavy atom. The largest absolute Gasteiger partial charge is 0.462 e. The number of hydrogen-bond acceptors (Lipinski definition) is 4. The lowest BCUT2D eigenvalue weighted by Gasteiger charge is -2.27. The standard InChI is InChI=1S/C22H25NO4/c1-4-6-11-23-12-17-19-18(22(24)25-5-2)14(3)27-21(19)16-10-8-7-9-15(16)20(17)26-13-23/h7-10H,4-6,11-13H2,1-3H3/p+1. The molecular formula is C22H26NO4+. The van der Waals surface area contributed by atoms with Crippen LogP contribution in [0, 0.1) is 6.92 Å². The van der Waals surface area contributed by atoms with E-state index >= 15 is 0 Å². The van der Waals surface area contributed by atoms with E-state index in [0.717, 1.165) is 59.0 Å². The van der Waals surface area contributed by atoms with Gasteiger partial charge < -0.3 is 13.9 Å². The van der Waals surface area contributed by atoms with E-state index in [9.17, 15) is 4.79 Å². The number of esters is 1. The quantitative estimate of drug-likeness (QED) is 0.699. The van der Waals surface area contributed by atoms with Gasteiger partial charge in [0, 0.05) is 16.2 Å². The van der Waals surface area contributed by atoms with Crippen molar-refractivity contribution in [3.8, 4) is 5.75 Å². The molecule has 1 N–H and O–H groups in total. The van der Waals surface area contributed by atoms with Crippen molar-refractivity contribution < 1.29 is 23.6 Å². The highest BCUT2D eigenvalue weighted by atomic mass is 16.5. The lowest BCUT2D eigenvalue weighted by Crippen LogP contribution is -3.12. The maximum absolute atomic E-state index is 12.7. The SMILES string of the molecule is CCCC[NH+]1COc2c(c3c(C(=O)OCC)c(C)oc3c3ccccc23)C1. The van der Waals surface area contributed by atoms with Crippen LogP contribution in [0.3, 0.4) is 0 Å². The summed E-state index contributed by atoms with van der Waals surface area (Å²) in [5, 5.41) is 2.87. The second-order valence-corrected chi connectivity index (χ2v) is 7.13. The van der Waals surface area contributed by atoms with Crippen molar-refractivity contribution in [3.63, 3.8) is 0 Å². The Balaban J connectivity index is 1.98. The van der Waals surface area contributed by atoms with Gasteiger partial charge in [0.1, 0.15) is 29.2 Å². The van der Waals surface area contributed by atoms with E-state index in [2.05, 4.69) is 13.0 Å². The highest BCUT2D eigenvalue weighted by Gasteiger charge is 2.31. The molecule has 0 saturated carbocycles. The lowest BCUT2D eigenvalue weighted by atomic mass is 9.96. The normalized spacial score (nSPS) is 16.3. The lowest BCUT2D eigenvalue weighted by molar-refractivity contribution is -0.932. The van der Waals surface area contributed by atoms with Gasteiger partial charge in [-0.25, -0.2) is 4.79 Å². The summed E-state index contributed by atoms with van der Waals surface area (Å²) in [6.07, 6.45) is 2.31. The topological polar surface area (TPSA) is 53.1 Å². The first-order chi connectivity index (χ1) is 13.2. The molecule has 27 heavy (non-hydrogen) atoms. The molecule has 1 unspecified atom stereocenters. The van der Waals surface area contributed by atoms with Gasteiger partial charge in [0.05, 0.1) is 18.7 Å². The van der Waals surface area contributed by atoms with Gasteiger partial charge in [0.25, 0.3) is 0 Å². The number of quaternary nitrogens is 1. The average molecular weight is 368 g/mol. The number of nitrogens with one attached hydrogen (secondary N) is 1. The van der Waals surface area contributed by atoms with E-state index in [4.69, 9.17) is 13.9 Å². The van der Waals surface area contributed by atoms with Gasteiger partial charge >= 0.3 is 5.97 Å². The predicted molar refractivity (Wildman–Crippen MR) is 104 cm³/mol. The van der Waals surface area contributed by atoms with Gasteiger partial charge in [-0.15, -0.1) is 0 Å². The van der Waals surface area contributed by atoms with Gasteiger partial charge in [-0.2, -0.15) is 0 Å². The first kappa shape index (κ1) is 17.9. The summed E-state index contributed by atoms with van der Waals surface area (Å²) >= 11 is 0. The number of fused-ring (bicyclic) bond motifs is 6. The summed E-state index contributed by atoms with van der Waals surface area (Å²) in [7, 11) is 0. The summed E-state index contributed by atoms with van der Waals surface area (Å²) in [5.74, 6) is 1.15. The van der Waals surface area contributed by atoms with Crippen molar-refractivity contribution >= 4 is 27.7 Å². The van der Waals surface area contributed by atoms with Gasteiger partial charge in [-0.05, 0) is 20.3 Å². The van der Waals surface area contributed by atoms with Crippen LogP contribution in [0.4, 0.5) is 0 Å². The van der Waals surface area contributed by atoms with Crippen LogP contribution < -0.4 is 9.64 Å². The van der Waals surface area contributed by atoms with E-state index in [1.165, 1.54) is 4.90 Å². The van der Waals surface area contributed by atoms with Crippen molar-refractivity contribution in [1.82, 2.24) is 0 Å². The molecule has 0 radical (unpaired) electrons. The zero-order chi connectivity index (χ0) is 19.0. The number of carbonyl (C=O) groups excluding carboxylic acids is 1. The fourth-order valence-electron chi connectivity index (χ4n) is 4.02. The molecule has 4 rings (SSSR count). The minimum absolute atomic E-state index is 0.327. The maximum atomic E-state index is 12.7. The molecule has 1 atom stereocenters. The molecule has 0 spiro atoms. The fourth-order valence-corrected chi connectivity index (χ4v) is 4.02. The van der Waals surface area contributed by atoms with Gasteiger partial charge in [0.2, 0.25) is 6.73 Å². The Labute approximate surface area is 158 Å². The molecule has 1 aromatic heterocycles. The monoisotopic (exact) mass is 368 g/mol. The molecule has 5 heteroatoms. The molecule has 5 nitrogen and oxygen atoms in total. The predicted octanol–water partition coefficient (Wildman–Crippen LogP) is 3.61. The van der Waals surface area contributed by atoms with E-state index < -0.39 is 0 Å². The van der Waals surface area contributed by atoms with Crippen molar-refractivity contribution in [1.29, 1.82) is 0 Å². The van der Waals surface area contributed by atoms with E-state index in [1.54, 1.807) is 0 Å². The summed E-state index contributed by atoms with van der Waals surface area (Å²) in [6, 6.07) is 8.08. The zero-order valence-electron chi connectivity index (χ0n) is 16.2. The minimum Gasteiger partial charge on any atom is -0.462 e. The molecule has 1 aliphatic rings. The maximum Gasteiger partial charge on any atom is 0.342 e.